The number of benzene rings is 1. The Labute approximate surface area is 123 Å². The monoisotopic (exact) mass is 307 g/mol. The molecule has 1 amide bonds. The van der Waals surface area contributed by atoms with Crippen molar-refractivity contribution in [2.75, 3.05) is 5.32 Å². The van der Waals surface area contributed by atoms with Crippen molar-refractivity contribution >= 4 is 29.0 Å². The number of nitrogens with one attached hydrogen (secondary N) is 1. The number of carbonyl (C=O) groups is 1. The van der Waals surface area contributed by atoms with Crippen LogP contribution >= 0.6 is 11.8 Å². The lowest BCUT2D eigenvalue weighted by atomic mass is 10.3. The van der Waals surface area contributed by atoms with E-state index in [4.69, 9.17) is 0 Å². The molecule has 0 fully saturated rings. The highest BCUT2D eigenvalue weighted by Crippen LogP contribution is 2.37. The lowest BCUT2D eigenvalue weighted by Gasteiger charge is -2.09. The van der Waals surface area contributed by atoms with E-state index in [1.807, 2.05) is 0 Å². The summed E-state index contributed by atoms with van der Waals surface area (Å²) in [6, 6.07) is 6.59. The Bertz CT molecular complexity index is 709. The molecule has 0 aliphatic heterocycles. The fourth-order valence-electron chi connectivity index (χ4n) is 1.58. The number of amides is 1. The largest absolute Gasteiger partial charge is 0.325 e. The third-order valence-electron chi connectivity index (χ3n) is 2.41. The van der Waals surface area contributed by atoms with Crippen LogP contribution in [0.15, 0.2) is 46.5 Å². The van der Waals surface area contributed by atoms with Gasteiger partial charge in [0.15, 0.2) is 5.03 Å². The molecule has 21 heavy (non-hydrogen) atoms. The topological polar surface area (TPSA) is 85.1 Å². The third-order valence-corrected chi connectivity index (χ3v) is 3.49. The zero-order valence-electron chi connectivity index (χ0n) is 10.9. The number of nitrogens with zero attached hydrogens (tertiary/aromatic N) is 2. The molecule has 108 valence electrons. The lowest BCUT2D eigenvalue weighted by Crippen LogP contribution is -2.07. The molecular weight excluding hydrogens is 297 g/mol. The first kappa shape index (κ1) is 14.9. The average molecular weight is 307 g/mol. The van der Waals surface area contributed by atoms with Crippen molar-refractivity contribution in [3.05, 3.63) is 52.5 Å². The Morgan fingerprint density at radius 1 is 1.43 bits per heavy atom. The molecule has 0 atom stereocenters. The number of carbonyl (C=O) groups excluding carboxylic acids is 1. The van der Waals surface area contributed by atoms with E-state index in [-0.39, 0.29) is 22.3 Å². The first-order valence-corrected chi connectivity index (χ1v) is 6.63. The van der Waals surface area contributed by atoms with Crippen molar-refractivity contribution in [3.63, 3.8) is 0 Å². The molecule has 0 saturated heterocycles. The van der Waals surface area contributed by atoms with Crippen LogP contribution in [0.3, 0.4) is 0 Å². The van der Waals surface area contributed by atoms with Gasteiger partial charge in [0, 0.05) is 24.1 Å². The number of rotatable bonds is 4. The van der Waals surface area contributed by atoms with Gasteiger partial charge in [0.05, 0.1) is 10.6 Å². The van der Waals surface area contributed by atoms with Gasteiger partial charge in [-0.2, -0.15) is 0 Å². The molecule has 0 aliphatic carbocycles. The predicted molar refractivity (Wildman–Crippen MR) is 75.7 cm³/mol. The lowest BCUT2D eigenvalue weighted by molar-refractivity contribution is -0.388. The summed E-state index contributed by atoms with van der Waals surface area (Å²) in [6.45, 7) is 1.29. The number of nitro groups is 1. The number of halogens is 1. The zero-order chi connectivity index (χ0) is 15.4. The summed E-state index contributed by atoms with van der Waals surface area (Å²) < 4.78 is 13.3. The van der Waals surface area contributed by atoms with Gasteiger partial charge in [-0.1, -0.05) is 11.8 Å². The molecule has 0 saturated carbocycles. The van der Waals surface area contributed by atoms with Gasteiger partial charge in [0.1, 0.15) is 5.82 Å². The first-order valence-electron chi connectivity index (χ1n) is 5.82. The summed E-state index contributed by atoms with van der Waals surface area (Å²) >= 11 is 0.986. The maximum atomic E-state index is 13.3. The van der Waals surface area contributed by atoms with E-state index in [1.54, 1.807) is 0 Å². The highest BCUT2D eigenvalue weighted by Gasteiger charge is 2.17. The molecule has 0 unspecified atom stereocenters. The van der Waals surface area contributed by atoms with Crippen molar-refractivity contribution in [3.8, 4) is 0 Å². The van der Waals surface area contributed by atoms with E-state index < -0.39 is 10.7 Å². The fraction of sp³-hybridized carbons (Fsp3) is 0.0769. The Kier molecular flexibility index (Phi) is 4.49. The summed E-state index contributed by atoms with van der Waals surface area (Å²) in [6.07, 6.45) is 1.43. The molecule has 2 rings (SSSR count). The SMILES string of the molecule is CC(=O)Nc1cc(F)ccc1Sc1ncccc1[N+](=O)[O-]. The van der Waals surface area contributed by atoms with Crippen LogP contribution in [0.25, 0.3) is 0 Å². The number of hydrogen-bond donors (Lipinski definition) is 1. The van der Waals surface area contributed by atoms with Crippen molar-refractivity contribution in [2.45, 2.75) is 16.8 Å². The van der Waals surface area contributed by atoms with E-state index in [0.29, 0.717) is 4.90 Å². The summed E-state index contributed by atoms with van der Waals surface area (Å²) in [5, 5.41) is 13.6. The molecule has 0 bridgehead atoms. The second-order valence-electron chi connectivity index (χ2n) is 4.01. The molecule has 8 heteroatoms. The van der Waals surface area contributed by atoms with E-state index in [0.717, 1.165) is 17.8 Å². The van der Waals surface area contributed by atoms with Crippen LogP contribution in [0.5, 0.6) is 0 Å². The smallest absolute Gasteiger partial charge is 0.301 e. The van der Waals surface area contributed by atoms with E-state index in [1.165, 1.54) is 37.4 Å². The molecule has 2 aromatic rings. The maximum absolute atomic E-state index is 13.3. The Morgan fingerprint density at radius 2 is 2.19 bits per heavy atom. The Morgan fingerprint density at radius 3 is 2.86 bits per heavy atom. The average Bonchev–Trinajstić information content (AvgIpc) is 2.41. The van der Waals surface area contributed by atoms with Gasteiger partial charge in [-0.05, 0) is 24.3 Å². The highest BCUT2D eigenvalue weighted by molar-refractivity contribution is 7.99. The second-order valence-corrected chi connectivity index (χ2v) is 5.04. The molecule has 1 heterocycles. The zero-order valence-corrected chi connectivity index (χ0v) is 11.7. The molecule has 6 nitrogen and oxygen atoms in total. The van der Waals surface area contributed by atoms with Gasteiger partial charge in [-0.15, -0.1) is 0 Å². The molecular formula is C13H10FN3O3S. The summed E-state index contributed by atoms with van der Waals surface area (Å²) in [5.74, 6) is -0.878. The number of aromatic nitrogens is 1. The summed E-state index contributed by atoms with van der Waals surface area (Å²) in [7, 11) is 0. The quantitative estimate of drug-likeness (QED) is 0.692. The van der Waals surface area contributed by atoms with Crippen LogP contribution in [0, 0.1) is 15.9 Å². The Hall–Kier alpha value is -2.48. The van der Waals surface area contributed by atoms with Crippen molar-refractivity contribution < 1.29 is 14.1 Å². The van der Waals surface area contributed by atoms with Gasteiger partial charge >= 0.3 is 5.69 Å². The van der Waals surface area contributed by atoms with Crippen LogP contribution in [0.1, 0.15) is 6.92 Å². The van der Waals surface area contributed by atoms with Crippen molar-refractivity contribution in [2.24, 2.45) is 0 Å². The van der Waals surface area contributed by atoms with Crippen LogP contribution < -0.4 is 5.32 Å². The number of pyridine rings is 1. The number of hydrogen-bond acceptors (Lipinski definition) is 5. The van der Waals surface area contributed by atoms with Gasteiger partial charge in [-0.25, -0.2) is 9.37 Å². The van der Waals surface area contributed by atoms with Crippen LogP contribution in [-0.2, 0) is 4.79 Å². The molecule has 1 aromatic heterocycles. The van der Waals surface area contributed by atoms with Gasteiger partial charge in [0.2, 0.25) is 5.91 Å². The van der Waals surface area contributed by atoms with E-state index in [2.05, 4.69) is 10.3 Å². The Balaban J connectivity index is 2.40. The van der Waals surface area contributed by atoms with E-state index in [9.17, 15) is 19.3 Å². The van der Waals surface area contributed by atoms with Crippen molar-refractivity contribution in [1.82, 2.24) is 4.98 Å². The number of anilines is 1. The first-order chi connectivity index (χ1) is 9.97. The minimum absolute atomic E-state index is 0.152. The van der Waals surface area contributed by atoms with Gasteiger partial charge in [0.25, 0.3) is 0 Å². The van der Waals surface area contributed by atoms with Gasteiger partial charge in [-0.3, -0.25) is 14.9 Å². The third kappa shape index (κ3) is 3.76. The summed E-state index contributed by atoms with van der Waals surface area (Å²) in [4.78, 5) is 26.0. The van der Waals surface area contributed by atoms with Gasteiger partial charge < -0.3 is 5.32 Å². The van der Waals surface area contributed by atoms with Crippen molar-refractivity contribution in [1.29, 1.82) is 0 Å². The molecule has 1 N–H and O–H groups in total. The summed E-state index contributed by atoms with van der Waals surface area (Å²) in [5.41, 5.74) is 0.0908. The predicted octanol–water partition coefficient (Wildman–Crippen LogP) is 3.24. The molecule has 0 spiro atoms. The van der Waals surface area contributed by atoms with E-state index >= 15 is 0 Å². The molecule has 0 aliphatic rings. The van der Waals surface area contributed by atoms with Crippen LogP contribution in [0.2, 0.25) is 0 Å². The standard InChI is InChI=1S/C13H10FN3O3S/c1-8(18)16-10-7-9(14)4-5-12(10)21-13-11(17(19)20)3-2-6-15-13/h2-7H,1H3,(H,16,18). The fourth-order valence-corrected chi connectivity index (χ4v) is 2.51. The molecule has 1 aromatic carbocycles. The second kappa shape index (κ2) is 6.31. The van der Waals surface area contributed by atoms with Crippen LogP contribution in [0.4, 0.5) is 15.8 Å². The maximum Gasteiger partial charge on any atom is 0.301 e. The molecule has 0 radical (unpaired) electrons. The van der Waals surface area contributed by atoms with Crippen LogP contribution in [-0.4, -0.2) is 15.8 Å². The minimum Gasteiger partial charge on any atom is -0.325 e. The minimum atomic E-state index is -0.545. The normalized spacial score (nSPS) is 10.2. The highest BCUT2D eigenvalue weighted by atomic mass is 32.2.